The number of rotatable bonds is 5. The molecule has 118 valence electrons. The van der Waals surface area contributed by atoms with Gasteiger partial charge in [-0.2, -0.15) is 0 Å². The zero-order chi connectivity index (χ0) is 16.3. The highest BCUT2D eigenvalue weighted by Gasteiger charge is 2.11. The van der Waals surface area contributed by atoms with Gasteiger partial charge in [0.05, 0.1) is 22.2 Å². The first-order valence-electron chi connectivity index (χ1n) is 6.77. The molecule has 0 fully saturated rings. The van der Waals surface area contributed by atoms with Crippen LogP contribution in [0.1, 0.15) is 24.1 Å². The molecular weight excluding hydrogens is 322 g/mol. The first-order chi connectivity index (χ1) is 10.3. The van der Waals surface area contributed by atoms with Crippen molar-refractivity contribution in [3.63, 3.8) is 0 Å². The second-order valence-electron chi connectivity index (χ2n) is 5.18. The molecule has 0 amide bonds. The summed E-state index contributed by atoms with van der Waals surface area (Å²) in [4.78, 5) is 0.295. The van der Waals surface area contributed by atoms with Crippen molar-refractivity contribution in [3.05, 3.63) is 58.6 Å². The van der Waals surface area contributed by atoms with Gasteiger partial charge in [0.25, 0.3) is 0 Å². The van der Waals surface area contributed by atoms with Crippen LogP contribution >= 0.6 is 11.6 Å². The summed E-state index contributed by atoms with van der Waals surface area (Å²) in [5.41, 5.74) is 2.44. The SMILES string of the molecule is CC(Nc1cc(CO)ccc1Cl)c1ccc(S(C)(=O)=O)cc1. The van der Waals surface area contributed by atoms with E-state index in [2.05, 4.69) is 5.32 Å². The minimum Gasteiger partial charge on any atom is -0.392 e. The molecule has 4 nitrogen and oxygen atoms in total. The summed E-state index contributed by atoms with van der Waals surface area (Å²) in [5, 5.41) is 13.0. The molecule has 6 heteroatoms. The van der Waals surface area contributed by atoms with Crippen molar-refractivity contribution in [1.82, 2.24) is 0 Å². The molecule has 2 aromatic carbocycles. The van der Waals surface area contributed by atoms with Crippen molar-refractivity contribution < 1.29 is 13.5 Å². The summed E-state index contributed by atoms with van der Waals surface area (Å²) in [7, 11) is -3.19. The maximum atomic E-state index is 11.5. The lowest BCUT2D eigenvalue weighted by molar-refractivity contribution is 0.282. The number of halogens is 1. The number of anilines is 1. The van der Waals surface area contributed by atoms with Crippen LogP contribution in [0.5, 0.6) is 0 Å². The fraction of sp³-hybridized carbons (Fsp3) is 0.250. The zero-order valence-electron chi connectivity index (χ0n) is 12.4. The molecule has 0 heterocycles. The Labute approximate surface area is 135 Å². The highest BCUT2D eigenvalue weighted by molar-refractivity contribution is 7.90. The highest BCUT2D eigenvalue weighted by Crippen LogP contribution is 2.27. The van der Waals surface area contributed by atoms with Crippen molar-refractivity contribution in [1.29, 1.82) is 0 Å². The Morgan fingerprint density at radius 1 is 1.18 bits per heavy atom. The first-order valence-corrected chi connectivity index (χ1v) is 9.04. The van der Waals surface area contributed by atoms with E-state index in [0.29, 0.717) is 9.92 Å². The van der Waals surface area contributed by atoms with Gasteiger partial charge in [-0.15, -0.1) is 0 Å². The predicted octanol–water partition coefficient (Wildman–Crippen LogP) is 3.41. The Hall–Kier alpha value is -1.56. The summed E-state index contributed by atoms with van der Waals surface area (Å²) in [6.45, 7) is 1.90. The van der Waals surface area contributed by atoms with Crippen molar-refractivity contribution in [2.45, 2.75) is 24.5 Å². The van der Waals surface area contributed by atoms with Crippen molar-refractivity contribution in [2.24, 2.45) is 0 Å². The minimum atomic E-state index is -3.19. The lowest BCUT2D eigenvalue weighted by Crippen LogP contribution is -2.08. The summed E-state index contributed by atoms with van der Waals surface area (Å²) in [6.07, 6.45) is 1.18. The van der Waals surface area contributed by atoms with Crippen LogP contribution in [0.3, 0.4) is 0 Å². The number of aliphatic hydroxyl groups excluding tert-OH is 1. The van der Waals surface area contributed by atoms with Gasteiger partial charge in [-0.1, -0.05) is 29.8 Å². The Morgan fingerprint density at radius 2 is 1.82 bits per heavy atom. The van der Waals surface area contributed by atoms with Gasteiger partial charge in [-0.05, 0) is 42.3 Å². The summed E-state index contributed by atoms with van der Waals surface area (Å²) in [6, 6.07) is 12.0. The summed E-state index contributed by atoms with van der Waals surface area (Å²) in [5.74, 6) is 0. The van der Waals surface area contributed by atoms with Gasteiger partial charge >= 0.3 is 0 Å². The van der Waals surface area contributed by atoms with Gasteiger partial charge in [0.15, 0.2) is 9.84 Å². The lowest BCUT2D eigenvalue weighted by atomic mass is 10.1. The molecule has 0 saturated carbocycles. The molecule has 0 spiro atoms. The number of hydrogen-bond acceptors (Lipinski definition) is 4. The average molecular weight is 340 g/mol. The van der Waals surface area contributed by atoms with E-state index >= 15 is 0 Å². The van der Waals surface area contributed by atoms with Gasteiger partial charge in [-0.3, -0.25) is 0 Å². The van der Waals surface area contributed by atoms with Crippen LogP contribution in [0, 0.1) is 0 Å². The number of benzene rings is 2. The smallest absolute Gasteiger partial charge is 0.175 e. The van der Waals surface area contributed by atoms with Gasteiger partial charge < -0.3 is 10.4 Å². The van der Waals surface area contributed by atoms with Gasteiger partial charge in [0.2, 0.25) is 0 Å². The highest BCUT2D eigenvalue weighted by atomic mass is 35.5. The quantitative estimate of drug-likeness (QED) is 0.876. The van der Waals surface area contributed by atoms with E-state index in [9.17, 15) is 13.5 Å². The summed E-state index contributed by atoms with van der Waals surface area (Å²) >= 11 is 6.15. The number of sulfone groups is 1. The standard InChI is InChI=1S/C16H18ClNO3S/c1-11(13-4-6-14(7-5-13)22(2,20)21)18-16-9-12(10-19)3-8-15(16)17/h3-9,11,18-19H,10H2,1-2H3. The van der Waals surface area contributed by atoms with Gasteiger partial charge in [0.1, 0.15) is 0 Å². The second kappa shape index (κ2) is 6.69. The Kier molecular flexibility index (Phi) is 5.11. The third-order valence-electron chi connectivity index (χ3n) is 3.39. The van der Waals surface area contributed by atoms with E-state index in [4.69, 9.17) is 11.6 Å². The Bertz CT molecular complexity index is 757. The number of nitrogens with one attached hydrogen (secondary N) is 1. The third-order valence-corrected chi connectivity index (χ3v) is 4.85. The monoisotopic (exact) mass is 339 g/mol. The van der Waals surface area contributed by atoms with Gasteiger partial charge in [0, 0.05) is 12.3 Å². The third kappa shape index (κ3) is 4.00. The number of aliphatic hydroxyl groups is 1. The largest absolute Gasteiger partial charge is 0.392 e. The van der Waals surface area contributed by atoms with Crippen LogP contribution in [0.15, 0.2) is 47.4 Å². The number of hydrogen-bond donors (Lipinski definition) is 2. The van der Waals surface area contributed by atoms with Crippen molar-refractivity contribution >= 4 is 27.1 Å². The fourth-order valence-electron chi connectivity index (χ4n) is 2.10. The van der Waals surface area contributed by atoms with E-state index in [-0.39, 0.29) is 12.6 Å². The topological polar surface area (TPSA) is 66.4 Å². The summed E-state index contributed by atoms with van der Waals surface area (Å²) < 4.78 is 22.9. The molecule has 0 aliphatic heterocycles. The molecule has 1 atom stereocenters. The molecule has 0 aliphatic rings. The van der Waals surface area contributed by atoms with Crippen molar-refractivity contribution in [3.8, 4) is 0 Å². The first kappa shape index (κ1) is 16.8. The van der Waals surface area contributed by atoms with Crippen LogP contribution in [0.25, 0.3) is 0 Å². The molecule has 2 rings (SSSR count). The van der Waals surface area contributed by atoms with E-state index in [1.54, 1.807) is 42.5 Å². The second-order valence-corrected chi connectivity index (χ2v) is 7.60. The van der Waals surface area contributed by atoms with Crippen LogP contribution in [0.4, 0.5) is 5.69 Å². The molecular formula is C16H18ClNO3S. The molecule has 0 aromatic heterocycles. The van der Waals surface area contributed by atoms with Crippen molar-refractivity contribution in [2.75, 3.05) is 11.6 Å². The molecule has 2 aromatic rings. The Balaban J connectivity index is 2.20. The average Bonchev–Trinajstić information content (AvgIpc) is 2.48. The molecule has 0 radical (unpaired) electrons. The van der Waals surface area contributed by atoms with Crippen LogP contribution < -0.4 is 5.32 Å². The molecule has 0 saturated heterocycles. The predicted molar refractivity (Wildman–Crippen MR) is 89.0 cm³/mol. The lowest BCUT2D eigenvalue weighted by Gasteiger charge is -2.17. The molecule has 22 heavy (non-hydrogen) atoms. The molecule has 2 N–H and O–H groups in total. The zero-order valence-corrected chi connectivity index (χ0v) is 13.9. The van der Waals surface area contributed by atoms with Crippen LogP contribution in [0.2, 0.25) is 5.02 Å². The van der Waals surface area contributed by atoms with E-state index in [1.165, 1.54) is 6.26 Å². The van der Waals surface area contributed by atoms with Crippen LogP contribution in [-0.4, -0.2) is 19.8 Å². The van der Waals surface area contributed by atoms with E-state index in [1.807, 2.05) is 6.92 Å². The normalized spacial score (nSPS) is 12.9. The Morgan fingerprint density at radius 3 is 2.36 bits per heavy atom. The fourth-order valence-corrected chi connectivity index (χ4v) is 2.90. The molecule has 1 unspecified atom stereocenters. The minimum absolute atomic E-state index is 0.0523. The van der Waals surface area contributed by atoms with Gasteiger partial charge in [-0.25, -0.2) is 8.42 Å². The van der Waals surface area contributed by atoms with E-state index < -0.39 is 9.84 Å². The maximum absolute atomic E-state index is 11.5. The van der Waals surface area contributed by atoms with Crippen LogP contribution in [-0.2, 0) is 16.4 Å². The molecule has 0 bridgehead atoms. The maximum Gasteiger partial charge on any atom is 0.175 e. The van der Waals surface area contributed by atoms with E-state index in [0.717, 1.165) is 16.8 Å². The molecule has 0 aliphatic carbocycles.